The van der Waals surface area contributed by atoms with Crippen LogP contribution in [0.2, 0.25) is 0 Å². The second-order valence-electron chi connectivity index (χ2n) is 6.44. The van der Waals surface area contributed by atoms with Crippen molar-refractivity contribution in [3.8, 4) is 0 Å². The number of aromatic nitrogens is 3. The second kappa shape index (κ2) is 11.3. The number of nitrogens with zero attached hydrogens (tertiary/aromatic N) is 4. The number of hydrogen-bond acceptors (Lipinski definition) is 4. The van der Waals surface area contributed by atoms with Gasteiger partial charge in [-0.25, -0.2) is 4.98 Å². The lowest BCUT2D eigenvalue weighted by Gasteiger charge is -2.33. The highest BCUT2D eigenvalue weighted by Gasteiger charge is 2.24. The van der Waals surface area contributed by atoms with Crippen LogP contribution in [0.15, 0.2) is 45.0 Å². The van der Waals surface area contributed by atoms with Crippen LogP contribution < -0.4 is 5.32 Å². The van der Waals surface area contributed by atoms with Gasteiger partial charge in [-0.2, -0.15) is 5.10 Å². The van der Waals surface area contributed by atoms with Gasteiger partial charge in [0.1, 0.15) is 12.2 Å². The van der Waals surface area contributed by atoms with E-state index in [2.05, 4.69) is 77.5 Å². The summed E-state index contributed by atoms with van der Waals surface area (Å²) < 4.78 is 1.11. The van der Waals surface area contributed by atoms with Gasteiger partial charge in [-0.05, 0) is 37.1 Å². The van der Waals surface area contributed by atoms with E-state index in [1.165, 1.54) is 4.90 Å². The van der Waals surface area contributed by atoms with Crippen LogP contribution in [0.5, 0.6) is 0 Å². The van der Waals surface area contributed by atoms with Gasteiger partial charge < -0.3 is 10.2 Å². The van der Waals surface area contributed by atoms with Crippen molar-refractivity contribution in [1.29, 1.82) is 0 Å². The Bertz CT molecular complexity index is 701. The SMILES string of the molecule is CN=C(NCC(C)Sc1ccc(Br)cc1)N1CCC(c2ncn[nH]2)CC1.I. The quantitative estimate of drug-likeness (QED) is 0.247. The molecule has 1 aromatic heterocycles. The van der Waals surface area contributed by atoms with Crippen LogP contribution in [0.4, 0.5) is 0 Å². The molecule has 1 atom stereocenters. The molecule has 1 aliphatic heterocycles. The van der Waals surface area contributed by atoms with Crippen molar-refractivity contribution in [3.05, 3.63) is 40.9 Å². The van der Waals surface area contributed by atoms with Crippen LogP contribution in [0.25, 0.3) is 0 Å². The van der Waals surface area contributed by atoms with Gasteiger partial charge in [-0.3, -0.25) is 10.1 Å². The lowest BCUT2D eigenvalue weighted by Crippen LogP contribution is -2.46. The number of piperidine rings is 1. The third kappa shape index (κ3) is 6.63. The molecule has 0 spiro atoms. The number of halogens is 2. The average Bonchev–Trinajstić information content (AvgIpc) is 3.19. The minimum atomic E-state index is 0. The Hall–Kier alpha value is -0.810. The van der Waals surface area contributed by atoms with Crippen molar-refractivity contribution in [2.24, 2.45) is 4.99 Å². The van der Waals surface area contributed by atoms with E-state index in [0.29, 0.717) is 11.2 Å². The van der Waals surface area contributed by atoms with E-state index >= 15 is 0 Å². The first-order valence-electron chi connectivity index (χ1n) is 8.88. The molecule has 27 heavy (non-hydrogen) atoms. The number of nitrogens with one attached hydrogen (secondary N) is 2. The Kier molecular flexibility index (Phi) is 9.37. The van der Waals surface area contributed by atoms with E-state index in [1.807, 2.05) is 18.8 Å². The summed E-state index contributed by atoms with van der Waals surface area (Å²) in [5, 5.41) is 11.0. The molecule has 1 saturated heterocycles. The Morgan fingerprint density at radius 3 is 2.67 bits per heavy atom. The molecule has 0 aliphatic carbocycles. The first-order chi connectivity index (χ1) is 12.7. The number of rotatable bonds is 5. The first-order valence-corrected chi connectivity index (χ1v) is 10.6. The lowest BCUT2D eigenvalue weighted by atomic mass is 9.96. The number of aromatic amines is 1. The number of benzene rings is 1. The van der Waals surface area contributed by atoms with Crippen LogP contribution >= 0.6 is 51.7 Å². The Balaban J connectivity index is 0.00000261. The summed E-state index contributed by atoms with van der Waals surface area (Å²) in [6, 6.07) is 8.46. The van der Waals surface area contributed by atoms with E-state index < -0.39 is 0 Å². The average molecular weight is 565 g/mol. The minimum absolute atomic E-state index is 0. The third-order valence-electron chi connectivity index (χ3n) is 4.53. The number of guanidine groups is 1. The van der Waals surface area contributed by atoms with Gasteiger partial charge in [-0.1, -0.05) is 22.9 Å². The van der Waals surface area contributed by atoms with Gasteiger partial charge in [0.05, 0.1) is 0 Å². The fraction of sp³-hybridized carbons (Fsp3) is 0.500. The molecule has 6 nitrogen and oxygen atoms in total. The van der Waals surface area contributed by atoms with Crippen molar-refractivity contribution in [1.82, 2.24) is 25.4 Å². The Labute approximate surface area is 190 Å². The Morgan fingerprint density at radius 2 is 2.07 bits per heavy atom. The van der Waals surface area contributed by atoms with Crippen LogP contribution in [0, 0.1) is 0 Å². The molecule has 0 bridgehead atoms. The molecule has 1 fully saturated rings. The number of likely N-dealkylation sites (tertiary alicyclic amines) is 1. The molecule has 1 aromatic carbocycles. The number of hydrogen-bond donors (Lipinski definition) is 2. The van der Waals surface area contributed by atoms with Gasteiger partial charge in [0, 0.05) is 47.2 Å². The normalized spacial score (nSPS) is 16.7. The maximum absolute atomic E-state index is 4.47. The monoisotopic (exact) mass is 564 g/mol. The van der Waals surface area contributed by atoms with E-state index in [9.17, 15) is 0 Å². The molecule has 0 amide bonds. The minimum Gasteiger partial charge on any atom is -0.355 e. The molecule has 3 rings (SSSR count). The lowest BCUT2D eigenvalue weighted by molar-refractivity contribution is 0.299. The molecule has 0 radical (unpaired) electrons. The molecule has 1 aliphatic rings. The molecule has 148 valence electrons. The zero-order valence-electron chi connectivity index (χ0n) is 15.6. The summed E-state index contributed by atoms with van der Waals surface area (Å²) in [4.78, 5) is 12.4. The number of H-pyrrole nitrogens is 1. The van der Waals surface area contributed by atoms with Gasteiger partial charge in [-0.15, -0.1) is 35.7 Å². The summed E-state index contributed by atoms with van der Waals surface area (Å²) in [5.41, 5.74) is 0. The van der Waals surface area contributed by atoms with Gasteiger partial charge in [0.2, 0.25) is 0 Å². The highest BCUT2D eigenvalue weighted by atomic mass is 127. The van der Waals surface area contributed by atoms with Gasteiger partial charge in [0.15, 0.2) is 5.96 Å². The van der Waals surface area contributed by atoms with Crippen molar-refractivity contribution >= 4 is 57.6 Å². The van der Waals surface area contributed by atoms with E-state index in [0.717, 1.165) is 48.7 Å². The van der Waals surface area contributed by atoms with Crippen LogP contribution in [0.1, 0.15) is 31.5 Å². The molecule has 0 saturated carbocycles. The predicted octanol–water partition coefficient (Wildman–Crippen LogP) is 4.12. The standard InChI is InChI=1S/C18H25BrN6S.HI/c1-13(26-16-5-3-15(19)4-6-16)11-21-18(20-2)25-9-7-14(8-10-25)17-22-12-23-24-17;/h3-6,12-14H,7-11H2,1-2H3,(H,20,21)(H,22,23,24);1H. The zero-order chi connectivity index (χ0) is 18.4. The summed E-state index contributed by atoms with van der Waals surface area (Å²) in [6.45, 7) is 5.09. The van der Waals surface area contributed by atoms with E-state index in [1.54, 1.807) is 6.33 Å². The van der Waals surface area contributed by atoms with Crippen molar-refractivity contribution in [3.63, 3.8) is 0 Å². The van der Waals surface area contributed by atoms with Crippen molar-refractivity contribution in [2.75, 3.05) is 26.7 Å². The largest absolute Gasteiger partial charge is 0.355 e. The van der Waals surface area contributed by atoms with E-state index in [-0.39, 0.29) is 24.0 Å². The smallest absolute Gasteiger partial charge is 0.193 e. The maximum atomic E-state index is 4.47. The highest BCUT2D eigenvalue weighted by Crippen LogP contribution is 2.26. The molecule has 9 heteroatoms. The predicted molar refractivity (Wildman–Crippen MR) is 126 cm³/mol. The molecule has 2 aromatic rings. The summed E-state index contributed by atoms with van der Waals surface area (Å²) in [5.74, 6) is 2.47. The Morgan fingerprint density at radius 1 is 1.37 bits per heavy atom. The summed E-state index contributed by atoms with van der Waals surface area (Å²) in [6.07, 6.45) is 3.73. The molecule has 2 heterocycles. The summed E-state index contributed by atoms with van der Waals surface area (Å²) >= 11 is 5.35. The van der Waals surface area contributed by atoms with Crippen LogP contribution in [0.3, 0.4) is 0 Å². The summed E-state index contributed by atoms with van der Waals surface area (Å²) in [7, 11) is 1.86. The number of aliphatic imine (C=N–C) groups is 1. The van der Waals surface area contributed by atoms with Gasteiger partial charge in [0.25, 0.3) is 0 Å². The van der Waals surface area contributed by atoms with Crippen molar-refractivity contribution in [2.45, 2.75) is 35.8 Å². The molecular formula is C18H26BrIN6S. The second-order valence-corrected chi connectivity index (χ2v) is 8.87. The first kappa shape index (κ1) is 22.5. The van der Waals surface area contributed by atoms with Crippen molar-refractivity contribution < 1.29 is 0 Å². The molecule has 1 unspecified atom stereocenters. The van der Waals surface area contributed by atoms with Crippen LogP contribution in [-0.4, -0.2) is 58.0 Å². The van der Waals surface area contributed by atoms with E-state index in [4.69, 9.17) is 0 Å². The van der Waals surface area contributed by atoms with Gasteiger partial charge >= 0.3 is 0 Å². The highest BCUT2D eigenvalue weighted by molar-refractivity contribution is 14.0. The molecule has 2 N–H and O–H groups in total. The third-order valence-corrected chi connectivity index (χ3v) is 6.17. The zero-order valence-corrected chi connectivity index (χ0v) is 20.3. The maximum Gasteiger partial charge on any atom is 0.193 e. The van der Waals surface area contributed by atoms with Crippen LogP contribution in [-0.2, 0) is 0 Å². The fourth-order valence-corrected chi connectivity index (χ4v) is 4.32. The molecular weight excluding hydrogens is 539 g/mol. The topological polar surface area (TPSA) is 69.2 Å². The fourth-order valence-electron chi connectivity index (χ4n) is 3.13. The number of thioether (sulfide) groups is 1.